The maximum atomic E-state index is 13.2. The third-order valence-corrected chi connectivity index (χ3v) is 5.56. The van der Waals surface area contributed by atoms with Crippen LogP contribution in [0, 0.1) is 0 Å². The predicted octanol–water partition coefficient (Wildman–Crippen LogP) is 4.09. The highest BCUT2D eigenvalue weighted by atomic mass is 35.5. The van der Waals surface area contributed by atoms with E-state index in [0.717, 1.165) is 0 Å². The van der Waals surface area contributed by atoms with Gasteiger partial charge in [0.25, 0.3) is 11.5 Å². The molecule has 0 spiro atoms. The lowest BCUT2D eigenvalue weighted by Crippen LogP contribution is -2.39. The molecule has 152 valence electrons. The molecule has 1 unspecified atom stereocenters. The van der Waals surface area contributed by atoms with Crippen LogP contribution in [0.25, 0.3) is 10.9 Å². The summed E-state index contributed by atoms with van der Waals surface area (Å²) >= 11 is 12.1. The van der Waals surface area contributed by atoms with Crippen LogP contribution in [0.1, 0.15) is 29.1 Å². The van der Waals surface area contributed by atoms with E-state index in [1.54, 1.807) is 49.4 Å². The number of methoxy groups -OCH3 is 1. The molecule has 6 nitrogen and oxygen atoms in total. The van der Waals surface area contributed by atoms with E-state index in [0.29, 0.717) is 45.5 Å². The predicted molar refractivity (Wildman–Crippen MR) is 115 cm³/mol. The van der Waals surface area contributed by atoms with Crippen LogP contribution < -0.4 is 5.56 Å². The number of benzene rings is 2. The van der Waals surface area contributed by atoms with Gasteiger partial charge in [0, 0.05) is 26.3 Å². The molecule has 0 aliphatic rings. The molecule has 0 bridgehead atoms. The van der Waals surface area contributed by atoms with Crippen LogP contribution in [0.4, 0.5) is 0 Å². The Balaban J connectivity index is 2.06. The number of fused-ring (bicyclic) bond motifs is 1. The van der Waals surface area contributed by atoms with E-state index < -0.39 is 6.04 Å². The molecule has 3 aromatic rings. The molecule has 0 radical (unpaired) electrons. The Morgan fingerprint density at radius 3 is 2.62 bits per heavy atom. The first kappa shape index (κ1) is 21.3. The summed E-state index contributed by atoms with van der Waals surface area (Å²) in [5.74, 6) is 0.230. The van der Waals surface area contributed by atoms with E-state index >= 15 is 0 Å². The van der Waals surface area contributed by atoms with E-state index in [9.17, 15) is 9.59 Å². The molecule has 3 rings (SSSR count). The molecule has 0 saturated heterocycles. The van der Waals surface area contributed by atoms with E-state index in [2.05, 4.69) is 4.98 Å². The second-order valence-electron chi connectivity index (χ2n) is 6.65. The highest BCUT2D eigenvalue weighted by molar-refractivity contribution is 6.42. The molecule has 1 amide bonds. The number of rotatable bonds is 6. The minimum Gasteiger partial charge on any atom is -0.383 e. The molecule has 1 aromatic heterocycles. The Labute approximate surface area is 178 Å². The van der Waals surface area contributed by atoms with Gasteiger partial charge in [-0.05, 0) is 37.3 Å². The van der Waals surface area contributed by atoms with E-state index in [1.165, 1.54) is 10.6 Å². The first-order valence-corrected chi connectivity index (χ1v) is 9.81. The average molecular weight is 434 g/mol. The van der Waals surface area contributed by atoms with Gasteiger partial charge in [-0.15, -0.1) is 0 Å². The smallest absolute Gasteiger partial charge is 0.261 e. The Bertz CT molecular complexity index is 1110. The standard InChI is InChI=1S/C21H21Cl2N3O3/c1-13(19-24-18-7-5-4-6-15(18)21(28)25(19)2)26(10-11-29-3)20(27)14-8-9-16(22)17(23)12-14/h4-9,12-13H,10-11H2,1-3H3. The van der Waals surface area contributed by atoms with Crippen molar-refractivity contribution in [1.82, 2.24) is 14.5 Å². The summed E-state index contributed by atoms with van der Waals surface area (Å²) in [4.78, 5) is 32.3. The third kappa shape index (κ3) is 4.29. The minimum atomic E-state index is -0.477. The Morgan fingerprint density at radius 2 is 1.93 bits per heavy atom. The molecule has 0 aliphatic carbocycles. The second-order valence-corrected chi connectivity index (χ2v) is 7.46. The average Bonchev–Trinajstić information content (AvgIpc) is 2.72. The summed E-state index contributed by atoms with van der Waals surface area (Å²) in [6.07, 6.45) is 0. The van der Waals surface area contributed by atoms with Crippen molar-refractivity contribution in [2.75, 3.05) is 20.3 Å². The fraction of sp³-hybridized carbons (Fsp3) is 0.286. The minimum absolute atomic E-state index is 0.161. The van der Waals surface area contributed by atoms with Gasteiger partial charge in [0.15, 0.2) is 0 Å². The van der Waals surface area contributed by atoms with Gasteiger partial charge >= 0.3 is 0 Å². The van der Waals surface area contributed by atoms with Crippen LogP contribution in [-0.4, -0.2) is 40.6 Å². The van der Waals surface area contributed by atoms with Crippen LogP contribution in [0.3, 0.4) is 0 Å². The highest BCUT2D eigenvalue weighted by Gasteiger charge is 2.26. The van der Waals surface area contributed by atoms with Crippen molar-refractivity contribution in [3.63, 3.8) is 0 Å². The number of hydrogen-bond donors (Lipinski definition) is 0. The van der Waals surface area contributed by atoms with Crippen LogP contribution in [0.2, 0.25) is 10.0 Å². The molecule has 0 aliphatic heterocycles. The van der Waals surface area contributed by atoms with Gasteiger partial charge in [0.1, 0.15) is 5.82 Å². The molecule has 2 aromatic carbocycles. The van der Waals surface area contributed by atoms with Gasteiger partial charge in [0.05, 0.1) is 33.6 Å². The van der Waals surface area contributed by atoms with Crippen molar-refractivity contribution in [1.29, 1.82) is 0 Å². The summed E-state index contributed by atoms with van der Waals surface area (Å²) in [6, 6.07) is 11.4. The SMILES string of the molecule is COCCN(C(=O)c1ccc(Cl)c(Cl)c1)C(C)c1nc2ccccc2c(=O)n1C. The number of carbonyl (C=O) groups is 1. The second kappa shape index (κ2) is 8.95. The van der Waals surface area contributed by atoms with Gasteiger partial charge in [-0.1, -0.05) is 35.3 Å². The number of amides is 1. The molecular weight excluding hydrogens is 413 g/mol. The lowest BCUT2D eigenvalue weighted by molar-refractivity contribution is 0.0604. The fourth-order valence-electron chi connectivity index (χ4n) is 3.20. The largest absolute Gasteiger partial charge is 0.383 e. The van der Waals surface area contributed by atoms with Crippen LogP contribution >= 0.6 is 23.2 Å². The van der Waals surface area contributed by atoms with Gasteiger partial charge in [-0.25, -0.2) is 4.98 Å². The zero-order chi connectivity index (χ0) is 21.1. The summed E-state index contributed by atoms with van der Waals surface area (Å²) in [5.41, 5.74) is 0.824. The fourth-order valence-corrected chi connectivity index (χ4v) is 3.50. The quantitative estimate of drug-likeness (QED) is 0.586. The monoisotopic (exact) mass is 433 g/mol. The number of halogens is 2. The van der Waals surface area contributed by atoms with Gasteiger partial charge in [-0.2, -0.15) is 0 Å². The van der Waals surface area contributed by atoms with Gasteiger partial charge in [-0.3, -0.25) is 14.2 Å². The molecule has 29 heavy (non-hydrogen) atoms. The molecule has 0 N–H and O–H groups in total. The number of para-hydroxylation sites is 1. The van der Waals surface area contributed by atoms with E-state index in [1.807, 2.05) is 13.0 Å². The number of aromatic nitrogens is 2. The third-order valence-electron chi connectivity index (χ3n) is 4.82. The van der Waals surface area contributed by atoms with Crippen molar-refractivity contribution in [2.45, 2.75) is 13.0 Å². The van der Waals surface area contributed by atoms with Crippen LogP contribution in [0.5, 0.6) is 0 Å². The molecule has 1 atom stereocenters. The van der Waals surface area contributed by atoms with Gasteiger partial charge < -0.3 is 9.64 Å². The van der Waals surface area contributed by atoms with E-state index in [-0.39, 0.29) is 11.5 Å². The van der Waals surface area contributed by atoms with Gasteiger partial charge in [0.2, 0.25) is 0 Å². The molecule has 8 heteroatoms. The molecule has 0 saturated carbocycles. The Hall–Kier alpha value is -2.41. The van der Waals surface area contributed by atoms with E-state index in [4.69, 9.17) is 27.9 Å². The zero-order valence-electron chi connectivity index (χ0n) is 16.4. The number of carbonyl (C=O) groups excluding carboxylic acids is 1. The summed E-state index contributed by atoms with van der Waals surface area (Å²) in [7, 11) is 3.22. The van der Waals surface area contributed by atoms with Crippen molar-refractivity contribution in [2.24, 2.45) is 7.05 Å². The normalized spacial score (nSPS) is 12.2. The summed E-state index contributed by atoms with van der Waals surface area (Å²) < 4.78 is 6.66. The number of ether oxygens (including phenoxy) is 1. The Morgan fingerprint density at radius 1 is 1.21 bits per heavy atom. The maximum Gasteiger partial charge on any atom is 0.261 e. The summed E-state index contributed by atoms with van der Waals surface area (Å²) in [5, 5.41) is 1.21. The van der Waals surface area contributed by atoms with Crippen molar-refractivity contribution in [3.05, 3.63) is 74.3 Å². The highest BCUT2D eigenvalue weighted by Crippen LogP contribution is 2.26. The molecule has 1 heterocycles. The molecular formula is C21H21Cl2N3O3. The zero-order valence-corrected chi connectivity index (χ0v) is 17.9. The van der Waals surface area contributed by atoms with Crippen LogP contribution in [-0.2, 0) is 11.8 Å². The summed E-state index contributed by atoms with van der Waals surface area (Å²) in [6.45, 7) is 2.49. The lowest BCUT2D eigenvalue weighted by atomic mass is 10.1. The first-order valence-electron chi connectivity index (χ1n) is 9.05. The molecule has 0 fully saturated rings. The Kier molecular flexibility index (Phi) is 6.57. The van der Waals surface area contributed by atoms with Crippen molar-refractivity contribution in [3.8, 4) is 0 Å². The first-order chi connectivity index (χ1) is 13.8. The van der Waals surface area contributed by atoms with Crippen LogP contribution in [0.15, 0.2) is 47.3 Å². The van der Waals surface area contributed by atoms with Crippen molar-refractivity contribution < 1.29 is 9.53 Å². The number of nitrogens with zero attached hydrogens (tertiary/aromatic N) is 3. The maximum absolute atomic E-state index is 13.2. The topological polar surface area (TPSA) is 64.4 Å². The van der Waals surface area contributed by atoms with Crippen molar-refractivity contribution >= 4 is 40.0 Å². The lowest BCUT2D eigenvalue weighted by Gasteiger charge is -2.30. The number of hydrogen-bond acceptors (Lipinski definition) is 4.